The summed E-state index contributed by atoms with van der Waals surface area (Å²) in [6, 6.07) is 3.58. The van der Waals surface area contributed by atoms with Crippen molar-refractivity contribution in [1.29, 1.82) is 5.26 Å². The van der Waals surface area contributed by atoms with Gasteiger partial charge in [-0.2, -0.15) is 5.26 Å². The van der Waals surface area contributed by atoms with Gasteiger partial charge in [0.25, 0.3) is 5.75 Å². The van der Waals surface area contributed by atoms with Crippen LogP contribution >= 0.6 is 0 Å². The van der Waals surface area contributed by atoms with Crippen LogP contribution in [-0.4, -0.2) is 15.0 Å². The second kappa shape index (κ2) is 4.22. The fraction of sp³-hybridized carbons (Fsp3) is 0.125. The first kappa shape index (κ1) is 11.4. The van der Waals surface area contributed by atoms with Crippen LogP contribution in [0.1, 0.15) is 5.56 Å². The molecule has 0 radical (unpaired) electrons. The Balaban J connectivity index is 3.46. The van der Waals surface area contributed by atoms with Gasteiger partial charge in [-0.1, -0.05) is 0 Å². The third-order valence-electron chi connectivity index (χ3n) is 1.81. The van der Waals surface area contributed by atoms with Crippen LogP contribution < -0.4 is 0 Å². The molecule has 0 aliphatic carbocycles. The van der Waals surface area contributed by atoms with Crippen LogP contribution in [0.25, 0.3) is 0 Å². The third-order valence-corrected chi connectivity index (χ3v) is 1.81. The number of phenols is 1. The van der Waals surface area contributed by atoms with Crippen LogP contribution in [0.3, 0.4) is 0 Å². The number of nitrogens with zero attached hydrogens (tertiary/aromatic N) is 3. The largest absolute Gasteiger partial charge is 0.497 e. The Bertz CT molecular complexity index is 470. The minimum Gasteiger partial charge on any atom is -0.497 e. The van der Waals surface area contributed by atoms with E-state index in [2.05, 4.69) is 0 Å². The van der Waals surface area contributed by atoms with Gasteiger partial charge in [0.2, 0.25) is 0 Å². The molecule has 0 saturated carbocycles. The molecule has 16 heavy (non-hydrogen) atoms. The van der Waals surface area contributed by atoms with Gasteiger partial charge in [0.15, 0.2) is 0 Å². The molecule has 0 fully saturated rings. The lowest BCUT2D eigenvalue weighted by Crippen LogP contribution is -1.96. The number of phenolic OH excluding ortho intramolecular Hbond substituents is 1. The van der Waals surface area contributed by atoms with Crippen molar-refractivity contribution in [3.8, 4) is 11.8 Å². The summed E-state index contributed by atoms with van der Waals surface area (Å²) in [5.41, 5.74) is -1.45. The summed E-state index contributed by atoms with van der Waals surface area (Å²) in [5, 5.41) is 38.6. The zero-order valence-corrected chi connectivity index (χ0v) is 7.78. The summed E-state index contributed by atoms with van der Waals surface area (Å²) >= 11 is 0. The normalized spacial score (nSPS) is 9.44. The number of nitro groups is 2. The molecule has 0 bridgehead atoms. The van der Waals surface area contributed by atoms with Crippen molar-refractivity contribution in [1.82, 2.24) is 0 Å². The van der Waals surface area contributed by atoms with Gasteiger partial charge in [-0.15, -0.1) is 0 Å². The number of aromatic hydroxyl groups is 1. The van der Waals surface area contributed by atoms with E-state index in [-0.39, 0.29) is 12.0 Å². The number of rotatable bonds is 3. The summed E-state index contributed by atoms with van der Waals surface area (Å²) in [4.78, 5) is 19.1. The van der Waals surface area contributed by atoms with E-state index in [1.807, 2.05) is 0 Å². The first-order valence-electron chi connectivity index (χ1n) is 3.99. The van der Waals surface area contributed by atoms with Crippen molar-refractivity contribution in [2.75, 3.05) is 0 Å². The summed E-state index contributed by atoms with van der Waals surface area (Å²) in [6.07, 6.45) is -0.206. The molecule has 0 saturated heterocycles. The van der Waals surface area contributed by atoms with E-state index in [4.69, 9.17) is 5.26 Å². The van der Waals surface area contributed by atoms with E-state index in [1.54, 1.807) is 6.07 Å². The summed E-state index contributed by atoms with van der Waals surface area (Å²) in [6.45, 7) is 0. The van der Waals surface area contributed by atoms with Gasteiger partial charge in [0.05, 0.1) is 22.3 Å². The molecule has 1 N–H and O–H groups in total. The predicted octanol–water partition coefficient (Wildman–Crippen LogP) is 1.27. The summed E-state index contributed by atoms with van der Waals surface area (Å²) in [7, 11) is 0. The number of hydrogen-bond donors (Lipinski definition) is 1. The van der Waals surface area contributed by atoms with Gasteiger partial charge in [-0.05, 0) is 5.56 Å². The molecular formula is C8H5N3O5. The number of nitriles is 1. The Morgan fingerprint density at radius 1 is 1.25 bits per heavy atom. The Kier molecular flexibility index (Phi) is 3.00. The molecule has 0 heterocycles. The number of benzene rings is 1. The lowest BCUT2D eigenvalue weighted by atomic mass is 10.1. The molecule has 0 atom stereocenters. The Hall–Kier alpha value is -2.69. The van der Waals surface area contributed by atoms with Gasteiger partial charge in [0, 0.05) is 12.1 Å². The van der Waals surface area contributed by atoms with Crippen LogP contribution in [0, 0.1) is 31.6 Å². The molecule has 0 spiro atoms. The highest BCUT2D eigenvalue weighted by Gasteiger charge is 2.25. The van der Waals surface area contributed by atoms with E-state index in [9.17, 15) is 25.3 Å². The molecule has 0 aliphatic rings. The van der Waals surface area contributed by atoms with Crippen LogP contribution in [0.5, 0.6) is 5.75 Å². The molecule has 1 rings (SSSR count). The minimum atomic E-state index is -1.00. The van der Waals surface area contributed by atoms with E-state index in [0.717, 1.165) is 12.1 Å². The van der Waals surface area contributed by atoms with Gasteiger partial charge in [-0.25, -0.2) is 0 Å². The zero-order chi connectivity index (χ0) is 12.3. The van der Waals surface area contributed by atoms with Gasteiger partial charge < -0.3 is 5.11 Å². The van der Waals surface area contributed by atoms with Crippen LogP contribution in [-0.2, 0) is 6.42 Å². The lowest BCUT2D eigenvalue weighted by Gasteiger charge is -2.00. The first-order valence-corrected chi connectivity index (χ1v) is 3.99. The predicted molar refractivity (Wildman–Crippen MR) is 50.7 cm³/mol. The molecule has 1 aromatic rings. The highest BCUT2D eigenvalue weighted by molar-refractivity contribution is 5.61. The smallest absolute Gasteiger partial charge is 0.318 e. The molecule has 1 aromatic carbocycles. The molecule has 8 nitrogen and oxygen atoms in total. The van der Waals surface area contributed by atoms with E-state index >= 15 is 0 Å². The minimum absolute atomic E-state index is 0.110. The summed E-state index contributed by atoms with van der Waals surface area (Å²) < 4.78 is 0. The van der Waals surface area contributed by atoms with Crippen molar-refractivity contribution in [2.24, 2.45) is 0 Å². The van der Waals surface area contributed by atoms with E-state index < -0.39 is 27.0 Å². The van der Waals surface area contributed by atoms with Gasteiger partial charge in [0.1, 0.15) is 0 Å². The second-order valence-corrected chi connectivity index (χ2v) is 2.83. The fourth-order valence-corrected chi connectivity index (χ4v) is 1.13. The van der Waals surface area contributed by atoms with Crippen LogP contribution in [0.4, 0.5) is 11.4 Å². The van der Waals surface area contributed by atoms with Crippen molar-refractivity contribution in [2.45, 2.75) is 6.42 Å². The van der Waals surface area contributed by atoms with Gasteiger partial charge in [-0.3, -0.25) is 20.2 Å². The molecule has 0 unspecified atom stereocenters. The fourth-order valence-electron chi connectivity index (χ4n) is 1.13. The Labute approximate surface area is 88.7 Å². The number of hydrogen-bond acceptors (Lipinski definition) is 6. The molecule has 8 heteroatoms. The molecule has 82 valence electrons. The third kappa shape index (κ3) is 2.03. The van der Waals surface area contributed by atoms with E-state index in [0.29, 0.717) is 0 Å². The van der Waals surface area contributed by atoms with Crippen LogP contribution in [0.15, 0.2) is 12.1 Å². The van der Waals surface area contributed by atoms with Crippen LogP contribution in [0.2, 0.25) is 0 Å². The lowest BCUT2D eigenvalue weighted by molar-refractivity contribution is -0.396. The maximum Gasteiger partial charge on any atom is 0.318 e. The highest BCUT2D eigenvalue weighted by Crippen LogP contribution is 2.36. The SMILES string of the molecule is N#CCc1cc([N+](=O)[O-])c(O)c([N+](=O)[O-])c1. The second-order valence-electron chi connectivity index (χ2n) is 2.83. The van der Waals surface area contributed by atoms with Crippen molar-refractivity contribution in [3.63, 3.8) is 0 Å². The molecule has 0 amide bonds. The van der Waals surface area contributed by atoms with Gasteiger partial charge >= 0.3 is 11.4 Å². The van der Waals surface area contributed by atoms with Crippen molar-refractivity contribution in [3.05, 3.63) is 37.9 Å². The standard InChI is InChI=1S/C8H5N3O5/c9-2-1-5-3-6(10(13)14)8(12)7(4-5)11(15)16/h3-4,12H,1H2. The number of nitro benzene ring substituents is 2. The molecule has 0 aliphatic heterocycles. The monoisotopic (exact) mass is 223 g/mol. The molecule has 0 aromatic heterocycles. The highest BCUT2D eigenvalue weighted by atomic mass is 16.6. The van der Waals surface area contributed by atoms with Crippen molar-refractivity contribution < 1.29 is 15.0 Å². The topological polar surface area (TPSA) is 130 Å². The summed E-state index contributed by atoms with van der Waals surface area (Å²) in [5.74, 6) is -1.00. The Morgan fingerprint density at radius 2 is 1.69 bits per heavy atom. The maximum absolute atomic E-state index is 10.5. The zero-order valence-electron chi connectivity index (χ0n) is 7.78. The quantitative estimate of drug-likeness (QED) is 0.606. The molecular weight excluding hydrogens is 218 g/mol. The van der Waals surface area contributed by atoms with E-state index in [1.165, 1.54) is 0 Å². The average molecular weight is 223 g/mol. The van der Waals surface area contributed by atoms with Crippen molar-refractivity contribution >= 4 is 11.4 Å². The first-order chi connectivity index (χ1) is 7.47. The maximum atomic E-state index is 10.5. The average Bonchev–Trinajstić information content (AvgIpc) is 2.19. The Morgan fingerprint density at radius 3 is 2.00 bits per heavy atom.